The second kappa shape index (κ2) is 4.66. The molecule has 2 fully saturated rings. The van der Waals surface area contributed by atoms with E-state index in [1.165, 1.54) is 18.2 Å². The number of hydrogen-bond donors (Lipinski definition) is 0. The van der Waals surface area contributed by atoms with E-state index in [4.69, 9.17) is 4.74 Å². The smallest absolute Gasteiger partial charge is 0.405 e. The molecule has 2 saturated heterocycles. The number of hydrogen-bond acceptors (Lipinski definition) is 3. The molecule has 2 heterocycles. The Labute approximate surface area is 113 Å². The second-order valence-electron chi connectivity index (χ2n) is 4.85. The van der Waals surface area contributed by atoms with Crippen LogP contribution in [0.4, 0.5) is 13.2 Å². The molecule has 20 heavy (non-hydrogen) atoms. The standard InChI is InChI=1S/C13H12F3NO3/c14-13(15,16)20-11-4-2-1-3-10(11)12(18)17-6-9-5-8(17)7-19-9/h1-4,8-9H,5-7H2. The summed E-state index contributed by atoms with van der Waals surface area (Å²) in [5.41, 5.74) is -0.0719. The molecule has 2 aliphatic heterocycles. The lowest BCUT2D eigenvalue weighted by atomic mass is 10.1. The molecule has 2 bridgehead atoms. The van der Waals surface area contributed by atoms with E-state index >= 15 is 0 Å². The van der Waals surface area contributed by atoms with Crippen LogP contribution in [0.5, 0.6) is 5.75 Å². The van der Waals surface area contributed by atoms with Gasteiger partial charge in [0, 0.05) is 6.54 Å². The molecular formula is C13H12F3NO3. The molecule has 2 unspecified atom stereocenters. The van der Waals surface area contributed by atoms with Crippen molar-refractivity contribution < 1.29 is 27.4 Å². The number of morpholine rings is 1. The SMILES string of the molecule is O=C(c1ccccc1OC(F)(F)F)N1CC2CC1CO2. The summed E-state index contributed by atoms with van der Waals surface area (Å²) in [7, 11) is 0. The first-order valence-corrected chi connectivity index (χ1v) is 6.21. The third-order valence-corrected chi connectivity index (χ3v) is 3.50. The van der Waals surface area contributed by atoms with Crippen LogP contribution in [0.1, 0.15) is 16.8 Å². The Morgan fingerprint density at radius 2 is 2.10 bits per heavy atom. The number of fused-ring (bicyclic) bond motifs is 2. The summed E-state index contributed by atoms with van der Waals surface area (Å²) in [5.74, 6) is -0.908. The van der Waals surface area contributed by atoms with Crippen LogP contribution in [-0.4, -0.2) is 42.5 Å². The van der Waals surface area contributed by atoms with Gasteiger partial charge in [0.2, 0.25) is 0 Å². The number of halogens is 3. The second-order valence-corrected chi connectivity index (χ2v) is 4.85. The summed E-state index contributed by atoms with van der Waals surface area (Å²) in [6.45, 7) is 0.864. The van der Waals surface area contributed by atoms with Crippen LogP contribution < -0.4 is 4.74 Å². The molecule has 1 aromatic rings. The van der Waals surface area contributed by atoms with E-state index in [-0.39, 0.29) is 17.7 Å². The zero-order valence-corrected chi connectivity index (χ0v) is 10.4. The predicted octanol–water partition coefficient (Wildman–Crippen LogP) is 2.20. The van der Waals surface area contributed by atoms with E-state index in [1.807, 2.05) is 0 Å². The Hall–Kier alpha value is -1.76. The van der Waals surface area contributed by atoms with Gasteiger partial charge in [0.15, 0.2) is 0 Å². The van der Waals surface area contributed by atoms with Crippen molar-refractivity contribution >= 4 is 5.91 Å². The van der Waals surface area contributed by atoms with Crippen molar-refractivity contribution in [2.45, 2.75) is 24.9 Å². The summed E-state index contributed by atoms with van der Waals surface area (Å²) >= 11 is 0. The van der Waals surface area contributed by atoms with E-state index in [2.05, 4.69) is 4.74 Å². The average molecular weight is 287 g/mol. The van der Waals surface area contributed by atoms with Crippen LogP contribution in [0.2, 0.25) is 0 Å². The Morgan fingerprint density at radius 1 is 1.35 bits per heavy atom. The monoisotopic (exact) mass is 287 g/mol. The minimum absolute atomic E-state index is 0.000327. The number of nitrogens with zero attached hydrogens (tertiary/aromatic N) is 1. The maximum Gasteiger partial charge on any atom is 0.573 e. The lowest BCUT2D eigenvalue weighted by Gasteiger charge is -2.27. The Morgan fingerprint density at radius 3 is 2.70 bits per heavy atom. The van der Waals surface area contributed by atoms with E-state index in [1.54, 1.807) is 4.90 Å². The fraction of sp³-hybridized carbons (Fsp3) is 0.462. The highest BCUT2D eigenvalue weighted by molar-refractivity contribution is 5.97. The van der Waals surface area contributed by atoms with Gasteiger partial charge < -0.3 is 14.4 Å². The summed E-state index contributed by atoms with van der Waals surface area (Å²) < 4.78 is 46.3. The van der Waals surface area contributed by atoms with Crippen LogP contribution in [0, 0.1) is 0 Å². The Bertz CT molecular complexity index is 532. The summed E-state index contributed by atoms with van der Waals surface area (Å²) in [5, 5.41) is 0. The fourth-order valence-electron chi connectivity index (χ4n) is 2.66. The summed E-state index contributed by atoms with van der Waals surface area (Å²) in [6.07, 6.45) is -4.07. The van der Waals surface area contributed by atoms with Gasteiger partial charge in [-0.15, -0.1) is 13.2 Å². The Kier molecular flexibility index (Phi) is 3.08. The van der Waals surface area contributed by atoms with Crippen LogP contribution in [0.15, 0.2) is 24.3 Å². The minimum Gasteiger partial charge on any atom is -0.405 e. The predicted molar refractivity (Wildman–Crippen MR) is 62.3 cm³/mol. The van der Waals surface area contributed by atoms with Gasteiger partial charge in [0.1, 0.15) is 5.75 Å². The van der Waals surface area contributed by atoms with Gasteiger partial charge in [0.05, 0.1) is 24.3 Å². The van der Waals surface area contributed by atoms with Crippen molar-refractivity contribution in [3.8, 4) is 5.75 Å². The van der Waals surface area contributed by atoms with Crippen molar-refractivity contribution in [2.75, 3.05) is 13.2 Å². The summed E-state index contributed by atoms with van der Waals surface area (Å²) in [4.78, 5) is 13.9. The minimum atomic E-state index is -4.82. The number of likely N-dealkylation sites (tertiary alicyclic amines) is 1. The van der Waals surface area contributed by atoms with Crippen molar-refractivity contribution in [1.29, 1.82) is 0 Å². The molecule has 3 rings (SSSR count). The van der Waals surface area contributed by atoms with Crippen LogP contribution >= 0.6 is 0 Å². The number of amides is 1. The van der Waals surface area contributed by atoms with Gasteiger partial charge in [-0.2, -0.15) is 0 Å². The third kappa shape index (κ3) is 2.45. The average Bonchev–Trinajstić information content (AvgIpc) is 2.99. The first-order chi connectivity index (χ1) is 9.44. The van der Waals surface area contributed by atoms with Crippen LogP contribution in [0.3, 0.4) is 0 Å². The number of para-hydroxylation sites is 1. The van der Waals surface area contributed by atoms with E-state index in [0.29, 0.717) is 13.2 Å². The van der Waals surface area contributed by atoms with Gasteiger partial charge in [0.25, 0.3) is 5.91 Å². The lowest BCUT2D eigenvalue weighted by Crippen LogP contribution is -2.41. The van der Waals surface area contributed by atoms with Gasteiger partial charge in [-0.1, -0.05) is 12.1 Å². The van der Waals surface area contributed by atoms with Crippen molar-refractivity contribution in [3.05, 3.63) is 29.8 Å². The zero-order valence-electron chi connectivity index (χ0n) is 10.4. The highest BCUT2D eigenvalue weighted by atomic mass is 19.4. The van der Waals surface area contributed by atoms with E-state index in [0.717, 1.165) is 12.5 Å². The number of carbonyl (C=O) groups excluding carboxylic acids is 1. The lowest BCUT2D eigenvalue weighted by molar-refractivity contribution is -0.274. The number of alkyl halides is 3. The number of rotatable bonds is 2. The van der Waals surface area contributed by atoms with Crippen molar-refractivity contribution in [1.82, 2.24) is 4.90 Å². The number of benzene rings is 1. The first-order valence-electron chi connectivity index (χ1n) is 6.21. The van der Waals surface area contributed by atoms with Gasteiger partial charge >= 0.3 is 6.36 Å². The molecule has 0 aliphatic carbocycles. The van der Waals surface area contributed by atoms with Gasteiger partial charge in [-0.3, -0.25) is 4.79 Å². The van der Waals surface area contributed by atoms with Gasteiger partial charge in [-0.25, -0.2) is 0 Å². The maximum atomic E-state index is 12.4. The molecule has 0 spiro atoms. The van der Waals surface area contributed by atoms with Crippen LogP contribution in [-0.2, 0) is 4.74 Å². The van der Waals surface area contributed by atoms with E-state index < -0.39 is 18.0 Å². The molecule has 1 aromatic carbocycles. The summed E-state index contributed by atoms with van der Waals surface area (Å²) in [6, 6.07) is 5.35. The zero-order chi connectivity index (χ0) is 14.3. The molecule has 0 saturated carbocycles. The molecule has 0 N–H and O–H groups in total. The third-order valence-electron chi connectivity index (χ3n) is 3.50. The highest BCUT2D eigenvalue weighted by Crippen LogP contribution is 2.32. The number of carbonyl (C=O) groups is 1. The molecule has 2 atom stereocenters. The maximum absolute atomic E-state index is 12.4. The largest absolute Gasteiger partial charge is 0.573 e. The molecule has 0 aromatic heterocycles. The molecule has 108 valence electrons. The molecular weight excluding hydrogens is 275 g/mol. The Balaban J connectivity index is 1.84. The highest BCUT2D eigenvalue weighted by Gasteiger charge is 2.42. The van der Waals surface area contributed by atoms with Crippen molar-refractivity contribution in [3.63, 3.8) is 0 Å². The number of ether oxygens (including phenoxy) is 2. The fourth-order valence-corrected chi connectivity index (χ4v) is 2.66. The molecule has 0 radical (unpaired) electrons. The normalized spacial score (nSPS) is 25.1. The first kappa shape index (κ1) is 13.2. The van der Waals surface area contributed by atoms with E-state index in [9.17, 15) is 18.0 Å². The van der Waals surface area contributed by atoms with Gasteiger partial charge in [-0.05, 0) is 18.6 Å². The molecule has 4 nitrogen and oxygen atoms in total. The van der Waals surface area contributed by atoms with Crippen molar-refractivity contribution in [2.24, 2.45) is 0 Å². The topological polar surface area (TPSA) is 38.8 Å². The molecule has 7 heteroatoms. The molecule has 1 amide bonds. The van der Waals surface area contributed by atoms with Crippen LogP contribution in [0.25, 0.3) is 0 Å². The quantitative estimate of drug-likeness (QED) is 0.837. The molecule has 2 aliphatic rings.